The van der Waals surface area contributed by atoms with Gasteiger partial charge >= 0.3 is 0 Å². The Hall–Kier alpha value is -1.75. The van der Waals surface area contributed by atoms with E-state index in [1.165, 1.54) is 0 Å². The summed E-state index contributed by atoms with van der Waals surface area (Å²) in [6, 6.07) is 7.03. The molecule has 1 aromatic rings. The molecule has 0 radical (unpaired) electrons. The van der Waals surface area contributed by atoms with Crippen LogP contribution in [0.1, 0.15) is 19.3 Å². The van der Waals surface area contributed by atoms with Gasteiger partial charge in [-0.05, 0) is 31.4 Å². The first kappa shape index (κ1) is 12.7. The number of amides is 1. The van der Waals surface area contributed by atoms with Crippen LogP contribution in [0, 0.1) is 0 Å². The summed E-state index contributed by atoms with van der Waals surface area (Å²) in [6.07, 6.45) is 2.68. The third-order valence-corrected chi connectivity index (χ3v) is 3.30. The van der Waals surface area contributed by atoms with Gasteiger partial charge in [0.05, 0.1) is 17.8 Å². The van der Waals surface area contributed by atoms with Crippen molar-refractivity contribution in [2.75, 3.05) is 18.9 Å². The van der Waals surface area contributed by atoms with E-state index in [-0.39, 0.29) is 19.1 Å². The number of anilines is 1. The average molecular weight is 250 g/mol. The maximum Gasteiger partial charge on any atom is 0.258 e. The van der Waals surface area contributed by atoms with Crippen molar-refractivity contribution in [2.24, 2.45) is 0 Å². The van der Waals surface area contributed by atoms with Crippen molar-refractivity contribution < 1.29 is 14.6 Å². The van der Waals surface area contributed by atoms with Crippen LogP contribution in [0.2, 0.25) is 0 Å². The zero-order chi connectivity index (χ0) is 13.0. The number of nitrogens with two attached hydrogens (primary N) is 1. The Kier molecular flexibility index (Phi) is 3.72. The molecule has 1 saturated carbocycles. The van der Waals surface area contributed by atoms with Crippen LogP contribution >= 0.6 is 0 Å². The number of benzene rings is 1. The third kappa shape index (κ3) is 2.73. The molecule has 1 fully saturated rings. The standard InChI is InChI=1S/C13H18N2O3/c14-10-4-1-2-5-11(10)18-8-12(17)15-13(9-16)6-3-7-13/h1-2,4-5,16H,3,6-9,14H2,(H,15,17). The number of carbonyl (C=O) groups excluding carboxylic acids is 1. The number of carbonyl (C=O) groups is 1. The molecule has 1 aliphatic carbocycles. The highest BCUT2D eigenvalue weighted by Crippen LogP contribution is 2.31. The zero-order valence-corrected chi connectivity index (χ0v) is 10.2. The van der Waals surface area contributed by atoms with Crippen molar-refractivity contribution in [3.05, 3.63) is 24.3 Å². The van der Waals surface area contributed by atoms with Gasteiger partial charge in [-0.15, -0.1) is 0 Å². The summed E-state index contributed by atoms with van der Waals surface area (Å²) < 4.78 is 5.34. The summed E-state index contributed by atoms with van der Waals surface area (Å²) in [5, 5.41) is 12.1. The molecule has 4 N–H and O–H groups in total. The van der Waals surface area contributed by atoms with E-state index < -0.39 is 5.54 Å². The number of para-hydroxylation sites is 2. The highest BCUT2D eigenvalue weighted by molar-refractivity contribution is 5.78. The molecule has 2 rings (SSSR count). The summed E-state index contributed by atoms with van der Waals surface area (Å²) in [4.78, 5) is 11.7. The monoisotopic (exact) mass is 250 g/mol. The van der Waals surface area contributed by atoms with Crippen LogP contribution < -0.4 is 15.8 Å². The lowest BCUT2D eigenvalue weighted by molar-refractivity contribution is -0.127. The van der Waals surface area contributed by atoms with E-state index in [0.29, 0.717) is 11.4 Å². The first-order valence-electron chi connectivity index (χ1n) is 6.04. The van der Waals surface area contributed by atoms with Crippen LogP contribution in [0.25, 0.3) is 0 Å². The molecule has 0 saturated heterocycles. The van der Waals surface area contributed by atoms with Gasteiger partial charge in [-0.2, -0.15) is 0 Å². The molecule has 1 aliphatic rings. The van der Waals surface area contributed by atoms with Crippen LogP contribution in [0.3, 0.4) is 0 Å². The smallest absolute Gasteiger partial charge is 0.258 e. The molecular weight excluding hydrogens is 232 g/mol. The van der Waals surface area contributed by atoms with Gasteiger partial charge < -0.3 is 20.9 Å². The van der Waals surface area contributed by atoms with Crippen molar-refractivity contribution >= 4 is 11.6 Å². The molecule has 1 aromatic carbocycles. The number of aliphatic hydroxyl groups excluding tert-OH is 1. The van der Waals surface area contributed by atoms with Gasteiger partial charge in [-0.1, -0.05) is 12.1 Å². The fourth-order valence-corrected chi connectivity index (χ4v) is 2.01. The molecule has 0 aromatic heterocycles. The molecule has 18 heavy (non-hydrogen) atoms. The van der Waals surface area contributed by atoms with Gasteiger partial charge in [0, 0.05) is 0 Å². The highest BCUT2D eigenvalue weighted by atomic mass is 16.5. The molecule has 0 unspecified atom stereocenters. The number of nitrogens with one attached hydrogen (secondary N) is 1. The van der Waals surface area contributed by atoms with E-state index in [9.17, 15) is 9.90 Å². The van der Waals surface area contributed by atoms with Crippen LogP contribution in [-0.2, 0) is 4.79 Å². The molecule has 0 atom stereocenters. The lowest BCUT2D eigenvalue weighted by Gasteiger charge is -2.40. The highest BCUT2D eigenvalue weighted by Gasteiger charge is 2.37. The van der Waals surface area contributed by atoms with E-state index >= 15 is 0 Å². The van der Waals surface area contributed by atoms with E-state index in [1.807, 2.05) is 0 Å². The Morgan fingerprint density at radius 2 is 2.17 bits per heavy atom. The fourth-order valence-electron chi connectivity index (χ4n) is 2.01. The number of aliphatic hydroxyl groups is 1. The van der Waals surface area contributed by atoms with Gasteiger partial charge in [0.1, 0.15) is 5.75 Å². The summed E-state index contributed by atoms with van der Waals surface area (Å²) in [6.45, 7) is -0.109. The van der Waals surface area contributed by atoms with Gasteiger partial charge in [0.25, 0.3) is 5.91 Å². The molecule has 0 bridgehead atoms. The second-order valence-electron chi connectivity index (χ2n) is 4.67. The van der Waals surface area contributed by atoms with Gasteiger partial charge in [-0.3, -0.25) is 4.79 Å². The van der Waals surface area contributed by atoms with E-state index in [0.717, 1.165) is 19.3 Å². The maximum absolute atomic E-state index is 11.7. The summed E-state index contributed by atoms with van der Waals surface area (Å²) in [5.74, 6) is 0.270. The predicted octanol–water partition coefficient (Wildman–Crippen LogP) is 0.679. The SMILES string of the molecule is Nc1ccccc1OCC(=O)NC1(CO)CCC1. The second kappa shape index (κ2) is 5.27. The summed E-state index contributed by atoms with van der Waals surface area (Å²) in [7, 11) is 0. The first-order chi connectivity index (χ1) is 8.65. The minimum Gasteiger partial charge on any atom is -0.482 e. The van der Waals surface area contributed by atoms with Gasteiger partial charge in [0.2, 0.25) is 0 Å². The molecule has 1 amide bonds. The van der Waals surface area contributed by atoms with Gasteiger partial charge in [-0.25, -0.2) is 0 Å². The molecule has 98 valence electrons. The summed E-state index contributed by atoms with van der Waals surface area (Å²) >= 11 is 0. The largest absolute Gasteiger partial charge is 0.482 e. The number of hydrogen-bond donors (Lipinski definition) is 3. The molecule has 5 nitrogen and oxygen atoms in total. The van der Waals surface area contributed by atoms with Crippen molar-refractivity contribution in [1.82, 2.24) is 5.32 Å². The third-order valence-electron chi connectivity index (χ3n) is 3.30. The quantitative estimate of drug-likeness (QED) is 0.671. The van der Waals surface area contributed by atoms with Crippen molar-refractivity contribution in [3.63, 3.8) is 0 Å². The lowest BCUT2D eigenvalue weighted by atomic mass is 9.77. The van der Waals surface area contributed by atoms with Crippen LogP contribution in [0.15, 0.2) is 24.3 Å². The topological polar surface area (TPSA) is 84.6 Å². The molecule has 5 heteroatoms. The summed E-state index contributed by atoms with van der Waals surface area (Å²) in [5.41, 5.74) is 5.78. The van der Waals surface area contributed by atoms with E-state index in [2.05, 4.69) is 5.32 Å². The Morgan fingerprint density at radius 1 is 1.44 bits per heavy atom. The van der Waals surface area contributed by atoms with E-state index in [4.69, 9.17) is 10.5 Å². The van der Waals surface area contributed by atoms with E-state index in [1.54, 1.807) is 24.3 Å². The second-order valence-corrected chi connectivity index (χ2v) is 4.67. The number of nitrogen functional groups attached to an aromatic ring is 1. The first-order valence-corrected chi connectivity index (χ1v) is 6.04. The fraction of sp³-hybridized carbons (Fsp3) is 0.462. The van der Waals surface area contributed by atoms with Crippen molar-refractivity contribution in [2.45, 2.75) is 24.8 Å². The van der Waals surface area contributed by atoms with Crippen molar-refractivity contribution in [1.29, 1.82) is 0 Å². The Balaban J connectivity index is 1.83. The number of rotatable bonds is 5. The average Bonchev–Trinajstić information content (AvgIpc) is 2.33. The zero-order valence-electron chi connectivity index (χ0n) is 10.2. The van der Waals surface area contributed by atoms with Crippen LogP contribution in [0.4, 0.5) is 5.69 Å². The molecule has 0 spiro atoms. The minimum atomic E-state index is -0.428. The van der Waals surface area contributed by atoms with Crippen LogP contribution in [-0.4, -0.2) is 29.8 Å². The number of hydrogen-bond acceptors (Lipinski definition) is 4. The molecule has 0 aliphatic heterocycles. The molecule has 0 heterocycles. The minimum absolute atomic E-state index is 0.0216. The lowest BCUT2D eigenvalue weighted by Crippen LogP contribution is -2.57. The Bertz CT molecular complexity index is 424. The Labute approximate surface area is 106 Å². The normalized spacial score (nSPS) is 16.7. The number of ether oxygens (including phenoxy) is 1. The predicted molar refractivity (Wildman–Crippen MR) is 68.2 cm³/mol. The van der Waals surface area contributed by atoms with Crippen LogP contribution in [0.5, 0.6) is 5.75 Å². The Morgan fingerprint density at radius 3 is 2.72 bits per heavy atom. The van der Waals surface area contributed by atoms with Crippen molar-refractivity contribution in [3.8, 4) is 5.75 Å². The maximum atomic E-state index is 11.7. The molecular formula is C13H18N2O3. The van der Waals surface area contributed by atoms with Gasteiger partial charge in [0.15, 0.2) is 6.61 Å².